The number of hydrogen-bond acceptors (Lipinski definition) is 6. The van der Waals surface area contributed by atoms with Gasteiger partial charge in [-0.2, -0.15) is 0 Å². The Morgan fingerprint density at radius 2 is 1.62 bits per heavy atom. The third-order valence-electron chi connectivity index (χ3n) is 5.71. The summed E-state index contributed by atoms with van der Waals surface area (Å²) in [7, 11) is 0.844. The van der Waals surface area contributed by atoms with Gasteiger partial charge in [-0.15, -0.1) is 0 Å². The highest BCUT2D eigenvalue weighted by Gasteiger charge is 2.29. The van der Waals surface area contributed by atoms with Crippen LogP contribution in [0.25, 0.3) is 0 Å². The molecular weight excluding hydrogens is 456 g/mol. The van der Waals surface area contributed by atoms with Crippen molar-refractivity contribution in [2.24, 2.45) is 0 Å². The molecule has 1 amide bonds. The lowest BCUT2D eigenvalue weighted by molar-refractivity contribution is 0.102. The fraction of sp³-hybridized carbons (Fsp3) is 0.240. The minimum Gasteiger partial charge on any atom is -0.497 e. The van der Waals surface area contributed by atoms with E-state index < -0.39 is 10.0 Å². The van der Waals surface area contributed by atoms with Gasteiger partial charge < -0.3 is 19.5 Å². The van der Waals surface area contributed by atoms with Gasteiger partial charge in [-0.3, -0.25) is 9.10 Å². The van der Waals surface area contributed by atoms with Gasteiger partial charge in [0.05, 0.1) is 31.9 Å². The summed E-state index contributed by atoms with van der Waals surface area (Å²) in [5.74, 6) is 1.28. The van der Waals surface area contributed by atoms with Crippen LogP contribution in [0.5, 0.6) is 17.2 Å². The summed E-state index contributed by atoms with van der Waals surface area (Å²) in [5.41, 5.74) is 2.47. The number of nitrogens with zero attached hydrogens (tertiary/aromatic N) is 1. The van der Waals surface area contributed by atoms with Crippen molar-refractivity contribution in [3.05, 3.63) is 71.8 Å². The van der Waals surface area contributed by atoms with E-state index in [4.69, 9.17) is 14.2 Å². The Kier molecular flexibility index (Phi) is 6.65. The second kappa shape index (κ2) is 9.64. The zero-order valence-corrected chi connectivity index (χ0v) is 20.0. The highest BCUT2D eigenvalue weighted by Crippen LogP contribution is 2.34. The van der Waals surface area contributed by atoms with Gasteiger partial charge in [-0.05, 0) is 79.1 Å². The molecule has 0 spiro atoms. The van der Waals surface area contributed by atoms with E-state index in [0.717, 1.165) is 5.56 Å². The Bertz CT molecular complexity index is 1310. The number of amides is 1. The van der Waals surface area contributed by atoms with Crippen LogP contribution in [0.1, 0.15) is 22.3 Å². The monoisotopic (exact) mass is 482 g/mol. The normalized spacial score (nSPS) is 13.1. The largest absolute Gasteiger partial charge is 0.497 e. The van der Waals surface area contributed by atoms with Gasteiger partial charge in [0.2, 0.25) is 0 Å². The van der Waals surface area contributed by atoms with Crippen molar-refractivity contribution in [1.82, 2.24) is 0 Å². The van der Waals surface area contributed by atoms with Crippen molar-refractivity contribution in [2.45, 2.75) is 17.7 Å². The van der Waals surface area contributed by atoms with Crippen LogP contribution in [0.4, 0.5) is 11.4 Å². The molecule has 1 N–H and O–H groups in total. The quantitative estimate of drug-likeness (QED) is 0.545. The molecule has 1 aliphatic heterocycles. The van der Waals surface area contributed by atoms with E-state index in [1.54, 1.807) is 54.6 Å². The first-order valence-corrected chi connectivity index (χ1v) is 12.1. The molecule has 1 aliphatic rings. The van der Waals surface area contributed by atoms with Crippen LogP contribution in [-0.2, 0) is 16.4 Å². The molecule has 8 nitrogen and oxygen atoms in total. The van der Waals surface area contributed by atoms with Gasteiger partial charge in [0.1, 0.15) is 5.75 Å². The van der Waals surface area contributed by atoms with Crippen molar-refractivity contribution < 1.29 is 27.4 Å². The molecule has 0 atom stereocenters. The van der Waals surface area contributed by atoms with Gasteiger partial charge in [0.15, 0.2) is 11.5 Å². The summed E-state index contributed by atoms with van der Waals surface area (Å²) in [6.07, 6.45) is 1.39. The zero-order valence-electron chi connectivity index (χ0n) is 19.2. The highest BCUT2D eigenvalue weighted by molar-refractivity contribution is 7.92. The number of carbonyl (C=O) groups excluding carboxylic acids is 1. The Balaban J connectivity index is 1.58. The first-order chi connectivity index (χ1) is 16.4. The second-order valence-corrected chi connectivity index (χ2v) is 9.59. The third-order valence-corrected chi connectivity index (χ3v) is 7.53. The molecule has 0 aromatic heterocycles. The lowest BCUT2D eigenvalue weighted by Gasteiger charge is -2.31. The number of carbonyl (C=O) groups is 1. The Labute approximate surface area is 199 Å². The molecule has 0 saturated heterocycles. The summed E-state index contributed by atoms with van der Waals surface area (Å²) in [5, 5.41) is 2.88. The fourth-order valence-corrected chi connectivity index (χ4v) is 5.49. The van der Waals surface area contributed by atoms with Gasteiger partial charge in [-0.1, -0.05) is 0 Å². The predicted molar refractivity (Wildman–Crippen MR) is 130 cm³/mol. The van der Waals surface area contributed by atoms with Crippen LogP contribution in [0.15, 0.2) is 65.6 Å². The molecule has 3 aromatic rings. The van der Waals surface area contributed by atoms with E-state index in [0.29, 0.717) is 53.6 Å². The van der Waals surface area contributed by atoms with Crippen molar-refractivity contribution in [3.8, 4) is 17.2 Å². The van der Waals surface area contributed by atoms with Crippen LogP contribution in [0.2, 0.25) is 0 Å². The van der Waals surface area contributed by atoms with Crippen molar-refractivity contribution in [3.63, 3.8) is 0 Å². The molecule has 0 bridgehead atoms. The number of hydrogen-bond donors (Lipinski definition) is 1. The standard InChI is InChI=1S/C25H26N2O6S/c1-31-20-8-10-21(11-9-20)34(29,30)27-14-4-5-17-15-19(7-12-22(17)27)26-25(28)18-6-13-23(32-2)24(16-18)33-3/h6-13,15-16H,4-5,14H2,1-3H3,(H,26,28). The average Bonchev–Trinajstić information content (AvgIpc) is 2.87. The summed E-state index contributed by atoms with van der Waals surface area (Å²) in [4.78, 5) is 13.0. The molecule has 0 radical (unpaired) electrons. The Morgan fingerprint density at radius 1 is 0.882 bits per heavy atom. The zero-order chi connectivity index (χ0) is 24.3. The molecule has 3 aromatic carbocycles. The van der Waals surface area contributed by atoms with Crippen molar-refractivity contribution in [1.29, 1.82) is 0 Å². The number of ether oxygens (including phenoxy) is 3. The van der Waals surface area contributed by atoms with Crippen molar-refractivity contribution in [2.75, 3.05) is 37.5 Å². The molecule has 9 heteroatoms. The van der Waals surface area contributed by atoms with Gasteiger partial charge in [0, 0.05) is 17.8 Å². The first-order valence-electron chi connectivity index (χ1n) is 10.7. The minimum atomic E-state index is -3.73. The summed E-state index contributed by atoms with van der Waals surface area (Å²) >= 11 is 0. The van der Waals surface area contributed by atoms with Gasteiger partial charge in [0.25, 0.3) is 15.9 Å². The maximum absolute atomic E-state index is 13.3. The molecule has 0 unspecified atom stereocenters. The SMILES string of the molecule is COc1ccc(S(=O)(=O)N2CCCc3cc(NC(=O)c4ccc(OC)c(OC)c4)ccc32)cc1. The van der Waals surface area contributed by atoms with E-state index in [9.17, 15) is 13.2 Å². The number of rotatable bonds is 7. The number of methoxy groups -OCH3 is 3. The number of sulfonamides is 1. The molecule has 34 heavy (non-hydrogen) atoms. The first kappa shape index (κ1) is 23.4. The Hall–Kier alpha value is -3.72. The van der Waals surface area contributed by atoms with Crippen LogP contribution in [-0.4, -0.2) is 42.2 Å². The topological polar surface area (TPSA) is 94.2 Å². The van der Waals surface area contributed by atoms with Crippen LogP contribution in [0.3, 0.4) is 0 Å². The lowest BCUT2D eigenvalue weighted by Crippen LogP contribution is -2.35. The van der Waals surface area contributed by atoms with Crippen LogP contribution in [0, 0.1) is 0 Å². The van der Waals surface area contributed by atoms with Gasteiger partial charge >= 0.3 is 0 Å². The summed E-state index contributed by atoms with van der Waals surface area (Å²) in [6, 6.07) is 16.5. The summed E-state index contributed by atoms with van der Waals surface area (Å²) < 4.78 is 43.6. The molecule has 0 aliphatic carbocycles. The van der Waals surface area contributed by atoms with Crippen LogP contribution >= 0.6 is 0 Å². The fourth-order valence-electron chi connectivity index (χ4n) is 3.95. The Morgan fingerprint density at radius 3 is 2.29 bits per heavy atom. The van der Waals surface area contributed by atoms with Gasteiger partial charge in [-0.25, -0.2) is 8.42 Å². The number of nitrogens with one attached hydrogen (secondary N) is 1. The smallest absolute Gasteiger partial charge is 0.264 e. The molecule has 4 rings (SSSR count). The maximum Gasteiger partial charge on any atom is 0.264 e. The van der Waals surface area contributed by atoms with E-state index in [1.807, 2.05) is 6.07 Å². The lowest BCUT2D eigenvalue weighted by atomic mass is 10.0. The van der Waals surface area contributed by atoms with Crippen LogP contribution < -0.4 is 23.8 Å². The average molecular weight is 483 g/mol. The maximum atomic E-state index is 13.3. The minimum absolute atomic E-state index is 0.201. The molecular formula is C25H26N2O6S. The van der Waals surface area contributed by atoms with Crippen molar-refractivity contribution >= 4 is 27.3 Å². The number of fused-ring (bicyclic) bond motifs is 1. The van der Waals surface area contributed by atoms with E-state index >= 15 is 0 Å². The third kappa shape index (κ3) is 4.51. The highest BCUT2D eigenvalue weighted by atomic mass is 32.2. The van der Waals surface area contributed by atoms with E-state index in [-0.39, 0.29) is 10.8 Å². The molecule has 0 fully saturated rings. The number of aryl methyl sites for hydroxylation is 1. The second-order valence-electron chi connectivity index (χ2n) is 7.72. The molecule has 1 heterocycles. The molecule has 0 saturated carbocycles. The predicted octanol–water partition coefficient (Wildman–Crippen LogP) is 4.11. The molecule has 178 valence electrons. The van der Waals surface area contributed by atoms with E-state index in [1.165, 1.54) is 25.6 Å². The number of anilines is 2. The van der Waals surface area contributed by atoms with E-state index in [2.05, 4.69) is 5.32 Å². The number of benzene rings is 3. The summed E-state index contributed by atoms with van der Waals surface area (Å²) in [6.45, 7) is 0.388.